The van der Waals surface area contributed by atoms with Crippen LogP contribution in [0.2, 0.25) is 0 Å². The molecule has 132 valence electrons. The van der Waals surface area contributed by atoms with Crippen molar-refractivity contribution in [3.63, 3.8) is 0 Å². The van der Waals surface area contributed by atoms with Crippen molar-refractivity contribution in [3.8, 4) is 28.0 Å². The third kappa shape index (κ3) is 3.44. The molecule has 26 heavy (non-hydrogen) atoms. The van der Waals surface area contributed by atoms with Crippen LogP contribution in [-0.2, 0) is 0 Å². The molecule has 4 nitrogen and oxygen atoms in total. The van der Waals surface area contributed by atoms with Crippen molar-refractivity contribution in [3.05, 3.63) is 75.8 Å². The van der Waals surface area contributed by atoms with Gasteiger partial charge in [0.15, 0.2) is 5.84 Å². The summed E-state index contributed by atoms with van der Waals surface area (Å²) in [5.74, 6) is 0.246. The predicted molar refractivity (Wildman–Crippen MR) is 109 cm³/mol. The zero-order valence-electron chi connectivity index (χ0n) is 14.5. The first-order chi connectivity index (χ1) is 12.4. The number of benzene rings is 3. The highest BCUT2D eigenvalue weighted by Crippen LogP contribution is 2.39. The van der Waals surface area contributed by atoms with Gasteiger partial charge in [-0.15, -0.1) is 0 Å². The van der Waals surface area contributed by atoms with Crippen LogP contribution in [0.5, 0.6) is 5.75 Å². The van der Waals surface area contributed by atoms with Crippen LogP contribution in [-0.4, -0.2) is 16.1 Å². The van der Waals surface area contributed by atoms with Gasteiger partial charge in [0.2, 0.25) is 0 Å². The number of rotatable bonds is 3. The Morgan fingerprint density at radius 3 is 2.31 bits per heavy atom. The number of oxime groups is 1. The number of aromatic hydroxyl groups is 1. The maximum atomic E-state index is 9.62. The molecule has 3 aromatic carbocycles. The number of halogens is 1. The second kappa shape index (κ2) is 7.22. The summed E-state index contributed by atoms with van der Waals surface area (Å²) in [5.41, 5.74) is 12.6. The lowest BCUT2D eigenvalue weighted by Gasteiger charge is -2.18. The highest BCUT2D eigenvalue weighted by molar-refractivity contribution is 9.10. The molecule has 0 heterocycles. The lowest BCUT2D eigenvalue weighted by molar-refractivity contribution is 0.318. The average Bonchev–Trinajstić information content (AvgIpc) is 2.63. The molecule has 0 spiro atoms. The SMILES string of the molecule is Cc1ccc(C)c(-c2c(C(N)=NO)cc(Br)cc2-c2ccc(O)cc2)c1. The standard InChI is InChI=1S/C21H19BrN2O2/c1-12-3-4-13(2)17(9-12)20-18(14-5-7-16(25)8-6-14)10-15(22)11-19(20)21(23)24-26/h3-11,25-26H,1-2H3,(H2,23,24). The number of amidine groups is 1. The topological polar surface area (TPSA) is 78.8 Å². The van der Waals surface area contributed by atoms with E-state index in [2.05, 4.69) is 39.3 Å². The van der Waals surface area contributed by atoms with Crippen LogP contribution in [0, 0.1) is 13.8 Å². The van der Waals surface area contributed by atoms with E-state index < -0.39 is 0 Å². The van der Waals surface area contributed by atoms with E-state index in [1.807, 2.05) is 38.1 Å². The first kappa shape index (κ1) is 18.0. The van der Waals surface area contributed by atoms with E-state index in [0.717, 1.165) is 37.9 Å². The van der Waals surface area contributed by atoms with Gasteiger partial charge in [-0.2, -0.15) is 0 Å². The van der Waals surface area contributed by atoms with Crippen LogP contribution in [0.15, 0.2) is 64.2 Å². The monoisotopic (exact) mass is 410 g/mol. The number of aryl methyl sites for hydroxylation is 2. The average molecular weight is 411 g/mol. The molecule has 3 aromatic rings. The lowest BCUT2D eigenvalue weighted by atomic mass is 9.87. The van der Waals surface area contributed by atoms with Crippen LogP contribution < -0.4 is 5.73 Å². The Kier molecular flexibility index (Phi) is 5.00. The normalized spacial score (nSPS) is 11.6. The van der Waals surface area contributed by atoms with Gasteiger partial charge in [-0.25, -0.2) is 0 Å². The van der Waals surface area contributed by atoms with E-state index in [1.165, 1.54) is 0 Å². The summed E-state index contributed by atoms with van der Waals surface area (Å²) in [6.07, 6.45) is 0. The molecule has 0 aliphatic heterocycles. The fraction of sp³-hybridized carbons (Fsp3) is 0.0952. The number of hydrogen-bond acceptors (Lipinski definition) is 3. The minimum atomic E-state index is 0.0437. The van der Waals surface area contributed by atoms with Crippen LogP contribution >= 0.6 is 15.9 Å². The van der Waals surface area contributed by atoms with E-state index in [1.54, 1.807) is 12.1 Å². The molecule has 0 saturated heterocycles. The third-order valence-corrected chi connectivity index (χ3v) is 4.79. The number of nitrogens with two attached hydrogens (primary N) is 1. The number of phenols is 1. The first-order valence-corrected chi connectivity index (χ1v) is 8.88. The second-order valence-corrected chi connectivity index (χ2v) is 7.14. The zero-order valence-corrected chi connectivity index (χ0v) is 16.1. The number of phenolic OH excluding ortho intramolecular Hbond substituents is 1. The van der Waals surface area contributed by atoms with Crippen molar-refractivity contribution in [1.82, 2.24) is 0 Å². The summed E-state index contributed by atoms with van der Waals surface area (Å²) in [4.78, 5) is 0. The van der Waals surface area contributed by atoms with Gasteiger partial charge in [-0.3, -0.25) is 0 Å². The van der Waals surface area contributed by atoms with E-state index in [9.17, 15) is 10.3 Å². The van der Waals surface area contributed by atoms with Crippen LogP contribution in [0.25, 0.3) is 22.3 Å². The molecule has 0 aromatic heterocycles. The smallest absolute Gasteiger partial charge is 0.170 e. The van der Waals surface area contributed by atoms with Crippen LogP contribution in [0.4, 0.5) is 0 Å². The first-order valence-electron chi connectivity index (χ1n) is 8.09. The molecule has 0 atom stereocenters. The largest absolute Gasteiger partial charge is 0.508 e. The Hall–Kier alpha value is -2.79. The van der Waals surface area contributed by atoms with E-state index in [0.29, 0.717) is 5.56 Å². The highest BCUT2D eigenvalue weighted by atomic mass is 79.9. The van der Waals surface area contributed by atoms with Crippen molar-refractivity contribution in [2.75, 3.05) is 0 Å². The van der Waals surface area contributed by atoms with Gasteiger partial charge in [0, 0.05) is 15.6 Å². The van der Waals surface area contributed by atoms with Gasteiger partial charge in [-0.1, -0.05) is 57.0 Å². The molecule has 4 N–H and O–H groups in total. The molecule has 0 radical (unpaired) electrons. The molecular weight excluding hydrogens is 392 g/mol. The quantitative estimate of drug-likeness (QED) is 0.240. The Labute approximate surface area is 160 Å². The molecule has 0 aliphatic rings. The van der Waals surface area contributed by atoms with Gasteiger partial charge in [0.05, 0.1) is 0 Å². The summed E-state index contributed by atoms with van der Waals surface area (Å²) < 4.78 is 0.816. The predicted octanol–water partition coefficient (Wildman–Crippen LogP) is 5.20. The minimum Gasteiger partial charge on any atom is -0.508 e. The molecule has 0 unspecified atom stereocenters. The summed E-state index contributed by atoms with van der Waals surface area (Å²) in [5, 5.41) is 22.1. The minimum absolute atomic E-state index is 0.0437. The van der Waals surface area contributed by atoms with Crippen molar-refractivity contribution in [1.29, 1.82) is 0 Å². The molecule has 0 amide bonds. The van der Waals surface area contributed by atoms with E-state index in [4.69, 9.17) is 5.73 Å². The fourth-order valence-corrected chi connectivity index (χ4v) is 3.48. The molecular formula is C21H19BrN2O2. The Morgan fingerprint density at radius 2 is 1.65 bits per heavy atom. The summed E-state index contributed by atoms with van der Waals surface area (Å²) >= 11 is 3.52. The zero-order chi connectivity index (χ0) is 18.8. The molecule has 0 aliphatic carbocycles. The highest BCUT2D eigenvalue weighted by Gasteiger charge is 2.18. The van der Waals surface area contributed by atoms with Gasteiger partial charge in [0.1, 0.15) is 5.75 Å². The van der Waals surface area contributed by atoms with E-state index >= 15 is 0 Å². The van der Waals surface area contributed by atoms with Crippen molar-refractivity contribution in [2.24, 2.45) is 10.9 Å². The number of hydrogen-bond donors (Lipinski definition) is 3. The van der Waals surface area contributed by atoms with Crippen LogP contribution in [0.3, 0.4) is 0 Å². The van der Waals surface area contributed by atoms with Gasteiger partial charge in [-0.05, 0) is 60.4 Å². The summed E-state index contributed by atoms with van der Waals surface area (Å²) in [6.45, 7) is 4.07. The van der Waals surface area contributed by atoms with Crippen molar-refractivity contribution < 1.29 is 10.3 Å². The molecule has 0 bridgehead atoms. The fourth-order valence-electron chi connectivity index (χ4n) is 3.03. The lowest BCUT2D eigenvalue weighted by Crippen LogP contribution is -2.15. The van der Waals surface area contributed by atoms with E-state index in [-0.39, 0.29) is 11.6 Å². The second-order valence-electron chi connectivity index (χ2n) is 6.23. The third-order valence-electron chi connectivity index (χ3n) is 4.33. The maximum Gasteiger partial charge on any atom is 0.170 e. The summed E-state index contributed by atoms with van der Waals surface area (Å²) in [7, 11) is 0. The number of nitrogens with zero attached hydrogens (tertiary/aromatic N) is 1. The van der Waals surface area contributed by atoms with Gasteiger partial charge in [0.25, 0.3) is 0 Å². The molecule has 5 heteroatoms. The van der Waals surface area contributed by atoms with Crippen molar-refractivity contribution in [2.45, 2.75) is 13.8 Å². The maximum absolute atomic E-state index is 9.62. The Balaban J connectivity index is 2.42. The van der Waals surface area contributed by atoms with Crippen molar-refractivity contribution >= 4 is 21.8 Å². The molecule has 0 saturated carbocycles. The molecule has 0 fully saturated rings. The Morgan fingerprint density at radius 1 is 0.962 bits per heavy atom. The van der Waals surface area contributed by atoms with Gasteiger partial charge >= 0.3 is 0 Å². The molecule has 3 rings (SSSR count). The van der Waals surface area contributed by atoms with Gasteiger partial charge < -0.3 is 16.0 Å². The Bertz CT molecular complexity index is 996. The summed E-state index contributed by atoms with van der Waals surface area (Å²) in [6, 6.07) is 17.0. The van der Waals surface area contributed by atoms with Crippen LogP contribution in [0.1, 0.15) is 16.7 Å².